The minimum Gasteiger partial charge on any atom is -0.327 e. The number of halogens is 2. The van der Waals surface area contributed by atoms with Gasteiger partial charge in [0.15, 0.2) is 0 Å². The number of hydrogen-bond donors (Lipinski definition) is 2. The summed E-state index contributed by atoms with van der Waals surface area (Å²) >= 11 is 11.9. The summed E-state index contributed by atoms with van der Waals surface area (Å²) < 4.78 is 0. The molecule has 1 aromatic carbocycles. The van der Waals surface area contributed by atoms with Crippen molar-refractivity contribution < 1.29 is 4.79 Å². The zero-order chi connectivity index (χ0) is 16.0. The van der Waals surface area contributed by atoms with E-state index < -0.39 is 0 Å². The highest BCUT2D eigenvalue weighted by Gasteiger charge is 2.12. The highest BCUT2D eigenvalue weighted by molar-refractivity contribution is 6.35. The molecule has 3 N–H and O–H groups in total. The molecule has 0 aromatic heterocycles. The second-order valence-corrected chi connectivity index (χ2v) is 6.45. The van der Waals surface area contributed by atoms with Crippen LogP contribution in [0, 0.1) is 5.92 Å². The number of carbonyl (C=O) groups is 1. The Morgan fingerprint density at radius 3 is 2.67 bits per heavy atom. The number of carbonyl (C=O) groups excluding carboxylic acids is 1. The first kappa shape index (κ1) is 18.2. The minimum atomic E-state index is -0.125. The third-order valence-electron chi connectivity index (χ3n) is 3.32. The summed E-state index contributed by atoms with van der Waals surface area (Å²) in [5.41, 5.74) is 6.53. The topological polar surface area (TPSA) is 58.4 Å². The Balaban J connectivity index is 2.44. The van der Waals surface area contributed by atoms with Gasteiger partial charge in [-0.25, -0.2) is 0 Å². The summed E-state index contributed by atoms with van der Waals surface area (Å²) in [6.45, 7) is 5.25. The molecule has 0 fully saturated rings. The lowest BCUT2D eigenvalue weighted by Crippen LogP contribution is -2.35. The second-order valence-electron chi connectivity index (χ2n) is 5.61. The van der Waals surface area contributed by atoms with Crippen LogP contribution in [-0.4, -0.2) is 37.0 Å². The molecule has 118 valence electrons. The molecule has 1 atom stereocenters. The van der Waals surface area contributed by atoms with Crippen LogP contribution in [0.1, 0.15) is 20.3 Å². The number of rotatable bonds is 7. The molecule has 1 amide bonds. The first-order valence-electron chi connectivity index (χ1n) is 6.98. The van der Waals surface area contributed by atoms with Crippen LogP contribution in [0.3, 0.4) is 0 Å². The predicted molar refractivity (Wildman–Crippen MR) is 90.0 cm³/mol. The van der Waals surface area contributed by atoms with Gasteiger partial charge in [-0.05, 0) is 44.1 Å². The molecule has 0 spiro atoms. The molecule has 0 aliphatic carbocycles. The summed E-state index contributed by atoms with van der Waals surface area (Å²) in [6, 6.07) is 5.12. The average molecular weight is 332 g/mol. The molecule has 0 aliphatic rings. The lowest BCUT2D eigenvalue weighted by Gasteiger charge is -2.21. The number of nitrogens with two attached hydrogens (primary N) is 1. The number of likely N-dealkylation sites (N-methyl/N-ethyl adjacent to an activating group) is 1. The van der Waals surface area contributed by atoms with E-state index >= 15 is 0 Å². The van der Waals surface area contributed by atoms with E-state index in [9.17, 15) is 4.79 Å². The zero-order valence-electron chi connectivity index (χ0n) is 12.7. The van der Waals surface area contributed by atoms with Crippen molar-refractivity contribution in [2.45, 2.75) is 26.3 Å². The van der Waals surface area contributed by atoms with Gasteiger partial charge in [-0.3, -0.25) is 9.69 Å². The van der Waals surface area contributed by atoms with Crippen molar-refractivity contribution in [3.63, 3.8) is 0 Å². The molecule has 0 heterocycles. The van der Waals surface area contributed by atoms with E-state index in [1.54, 1.807) is 18.2 Å². The summed E-state index contributed by atoms with van der Waals surface area (Å²) in [6.07, 6.45) is 0.860. The smallest absolute Gasteiger partial charge is 0.238 e. The van der Waals surface area contributed by atoms with Crippen molar-refractivity contribution in [3.05, 3.63) is 28.2 Å². The average Bonchev–Trinajstić information content (AvgIpc) is 2.39. The maximum Gasteiger partial charge on any atom is 0.238 e. The number of nitrogens with zero attached hydrogens (tertiary/aromatic N) is 1. The van der Waals surface area contributed by atoms with E-state index in [2.05, 4.69) is 19.2 Å². The molecule has 0 bridgehead atoms. The lowest BCUT2D eigenvalue weighted by molar-refractivity contribution is -0.117. The van der Waals surface area contributed by atoms with Gasteiger partial charge in [0, 0.05) is 11.1 Å². The van der Waals surface area contributed by atoms with Gasteiger partial charge in [-0.1, -0.05) is 37.0 Å². The zero-order valence-corrected chi connectivity index (χ0v) is 14.2. The van der Waals surface area contributed by atoms with Gasteiger partial charge < -0.3 is 11.1 Å². The highest BCUT2D eigenvalue weighted by atomic mass is 35.5. The molecule has 0 saturated carbocycles. The van der Waals surface area contributed by atoms with Gasteiger partial charge >= 0.3 is 0 Å². The van der Waals surface area contributed by atoms with Crippen molar-refractivity contribution in [3.8, 4) is 0 Å². The van der Waals surface area contributed by atoms with Crippen molar-refractivity contribution in [1.82, 2.24) is 4.90 Å². The van der Waals surface area contributed by atoms with Crippen LogP contribution in [0.15, 0.2) is 18.2 Å². The number of nitrogens with one attached hydrogen (secondary N) is 1. The molecule has 0 aliphatic heterocycles. The maximum atomic E-state index is 12.0. The molecule has 21 heavy (non-hydrogen) atoms. The monoisotopic (exact) mass is 331 g/mol. The van der Waals surface area contributed by atoms with Crippen molar-refractivity contribution in [2.75, 3.05) is 25.5 Å². The summed E-state index contributed by atoms with van der Waals surface area (Å²) in [5, 5.41) is 3.77. The molecule has 6 heteroatoms. The lowest BCUT2D eigenvalue weighted by atomic mass is 10.0. The summed E-state index contributed by atoms with van der Waals surface area (Å²) in [4.78, 5) is 13.9. The number of hydrogen-bond acceptors (Lipinski definition) is 3. The summed E-state index contributed by atoms with van der Waals surface area (Å²) in [7, 11) is 1.90. The van der Waals surface area contributed by atoms with Gasteiger partial charge in [0.2, 0.25) is 5.91 Å². The Kier molecular flexibility index (Phi) is 7.46. The Bertz CT molecular complexity index is 480. The van der Waals surface area contributed by atoms with Crippen molar-refractivity contribution in [2.24, 2.45) is 11.7 Å². The quantitative estimate of drug-likeness (QED) is 0.806. The number of benzene rings is 1. The molecule has 1 rings (SSSR count). The third kappa shape index (κ3) is 6.66. The van der Waals surface area contributed by atoms with Crippen LogP contribution in [0.25, 0.3) is 0 Å². The second kappa shape index (κ2) is 8.59. The molecule has 4 nitrogen and oxygen atoms in total. The fraction of sp³-hybridized carbons (Fsp3) is 0.533. The first-order valence-corrected chi connectivity index (χ1v) is 7.74. The largest absolute Gasteiger partial charge is 0.327 e. The third-order valence-corrected chi connectivity index (χ3v) is 3.88. The Morgan fingerprint density at radius 2 is 2.05 bits per heavy atom. The number of amides is 1. The highest BCUT2D eigenvalue weighted by Crippen LogP contribution is 2.25. The van der Waals surface area contributed by atoms with Gasteiger partial charge in [0.25, 0.3) is 0 Å². The predicted octanol–water partition coefficient (Wildman–Crippen LogP) is 3.24. The van der Waals surface area contributed by atoms with Crippen LogP contribution in [0.2, 0.25) is 10.0 Å². The summed E-state index contributed by atoms with van der Waals surface area (Å²) in [5.74, 6) is 0.317. The van der Waals surface area contributed by atoms with Crippen LogP contribution in [-0.2, 0) is 4.79 Å². The maximum absolute atomic E-state index is 12.0. The SMILES string of the molecule is CC(C)C(N)CCN(C)CC(=O)Nc1cc(Cl)ccc1Cl. The molecule has 0 saturated heterocycles. The molecule has 1 unspecified atom stereocenters. The fourth-order valence-corrected chi connectivity index (χ4v) is 2.15. The van der Waals surface area contributed by atoms with Gasteiger partial charge in [-0.15, -0.1) is 0 Å². The van der Waals surface area contributed by atoms with E-state index in [-0.39, 0.29) is 18.5 Å². The molecular weight excluding hydrogens is 309 g/mol. The van der Waals surface area contributed by atoms with Crippen LogP contribution in [0.4, 0.5) is 5.69 Å². The van der Waals surface area contributed by atoms with Crippen molar-refractivity contribution >= 4 is 34.8 Å². The number of anilines is 1. The molecular formula is C15H23Cl2N3O. The van der Waals surface area contributed by atoms with E-state index in [0.29, 0.717) is 21.7 Å². The first-order chi connectivity index (χ1) is 9.79. The molecule has 1 aromatic rings. The van der Waals surface area contributed by atoms with E-state index in [1.807, 2.05) is 11.9 Å². The van der Waals surface area contributed by atoms with Crippen LogP contribution < -0.4 is 11.1 Å². The van der Waals surface area contributed by atoms with Crippen LogP contribution in [0.5, 0.6) is 0 Å². The van der Waals surface area contributed by atoms with E-state index in [0.717, 1.165) is 13.0 Å². The van der Waals surface area contributed by atoms with Gasteiger partial charge in [0.05, 0.1) is 17.3 Å². The van der Waals surface area contributed by atoms with Gasteiger partial charge in [0.1, 0.15) is 0 Å². The van der Waals surface area contributed by atoms with Crippen LogP contribution >= 0.6 is 23.2 Å². The van der Waals surface area contributed by atoms with E-state index in [4.69, 9.17) is 28.9 Å². The molecule has 0 radical (unpaired) electrons. The Morgan fingerprint density at radius 1 is 1.38 bits per heavy atom. The van der Waals surface area contributed by atoms with Crippen molar-refractivity contribution in [1.29, 1.82) is 0 Å². The van der Waals surface area contributed by atoms with Gasteiger partial charge in [-0.2, -0.15) is 0 Å². The normalized spacial score (nSPS) is 12.8. The van der Waals surface area contributed by atoms with E-state index in [1.165, 1.54) is 0 Å². The Labute approximate surface area is 136 Å². The standard InChI is InChI=1S/C15H23Cl2N3O/c1-10(2)13(18)6-7-20(3)9-15(21)19-14-8-11(16)4-5-12(14)17/h4-5,8,10,13H,6-7,9,18H2,1-3H3,(H,19,21). The minimum absolute atomic E-state index is 0.125. The fourth-order valence-electron chi connectivity index (χ4n) is 1.81. The Hall–Kier alpha value is -0.810.